The van der Waals surface area contributed by atoms with Gasteiger partial charge in [-0.1, -0.05) is 17.7 Å². The molecule has 1 amide bonds. The van der Waals surface area contributed by atoms with E-state index in [-0.39, 0.29) is 10.8 Å². The molecule has 1 aromatic carbocycles. The lowest BCUT2D eigenvalue weighted by Gasteiger charge is -2.40. The largest absolute Gasteiger partial charge is 0.316 e. The Morgan fingerprint density at radius 3 is 2.56 bits per heavy atom. The Balaban J connectivity index is 1.96. The zero-order valence-electron chi connectivity index (χ0n) is 10.6. The van der Waals surface area contributed by atoms with Crippen molar-refractivity contribution in [1.29, 1.82) is 0 Å². The van der Waals surface area contributed by atoms with Crippen LogP contribution >= 0.6 is 11.8 Å². The lowest BCUT2D eigenvalue weighted by molar-refractivity contribution is -0.116. The summed E-state index contributed by atoms with van der Waals surface area (Å²) in [7, 11) is 0. The zero-order valence-corrected chi connectivity index (χ0v) is 11.4. The van der Waals surface area contributed by atoms with Crippen molar-refractivity contribution in [2.75, 3.05) is 23.7 Å². The van der Waals surface area contributed by atoms with Gasteiger partial charge in [-0.15, -0.1) is 11.8 Å². The topological polar surface area (TPSA) is 32.3 Å². The molecule has 1 aromatic rings. The summed E-state index contributed by atoms with van der Waals surface area (Å²) in [4.78, 5) is 14.3. The van der Waals surface area contributed by atoms with Crippen LogP contribution in [0.1, 0.15) is 18.4 Å². The van der Waals surface area contributed by atoms with Gasteiger partial charge in [0.25, 0.3) is 0 Å². The lowest BCUT2D eigenvalue weighted by atomic mass is 10.0. The van der Waals surface area contributed by atoms with Crippen LogP contribution in [0, 0.1) is 6.92 Å². The van der Waals surface area contributed by atoms with Gasteiger partial charge in [0, 0.05) is 5.69 Å². The van der Waals surface area contributed by atoms with Crippen molar-refractivity contribution in [3.8, 4) is 0 Å². The Bertz CT molecular complexity index is 451. The van der Waals surface area contributed by atoms with Gasteiger partial charge in [-0.2, -0.15) is 0 Å². The molecule has 2 aliphatic rings. The van der Waals surface area contributed by atoms with Gasteiger partial charge < -0.3 is 5.32 Å². The molecular weight excluding hydrogens is 244 g/mol. The highest BCUT2D eigenvalue weighted by molar-refractivity contribution is 8.02. The van der Waals surface area contributed by atoms with Crippen LogP contribution in [-0.2, 0) is 4.79 Å². The molecule has 0 saturated carbocycles. The number of piperidine rings is 1. The molecule has 0 bridgehead atoms. The van der Waals surface area contributed by atoms with Crippen LogP contribution in [0.15, 0.2) is 24.3 Å². The molecule has 1 spiro atoms. The Hall–Kier alpha value is -1.00. The molecular formula is C14H18N2OS. The van der Waals surface area contributed by atoms with E-state index in [2.05, 4.69) is 36.5 Å². The van der Waals surface area contributed by atoms with E-state index in [1.165, 1.54) is 5.56 Å². The Kier molecular flexibility index (Phi) is 3.08. The number of benzene rings is 1. The predicted molar refractivity (Wildman–Crippen MR) is 76.0 cm³/mol. The maximum atomic E-state index is 12.2. The van der Waals surface area contributed by atoms with E-state index in [9.17, 15) is 4.79 Å². The molecule has 96 valence electrons. The fourth-order valence-electron chi connectivity index (χ4n) is 2.81. The van der Waals surface area contributed by atoms with E-state index in [4.69, 9.17) is 0 Å². The summed E-state index contributed by atoms with van der Waals surface area (Å²) in [5, 5.41) is 3.38. The van der Waals surface area contributed by atoms with Crippen molar-refractivity contribution in [2.45, 2.75) is 24.6 Å². The highest BCUT2D eigenvalue weighted by Crippen LogP contribution is 2.45. The lowest BCUT2D eigenvalue weighted by Crippen LogP contribution is -2.51. The minimum atomic E-state index is -0.00239. The number of rotatable bonds is 1. The number of amides is 1. The van der Waals surface area contributed by atoms with Crippen molar-refractivity contribution in [1.82, 2.24) is 5.32 Å². The van der Waals surface area contributed by atoms with Crippen LogP contribution in [0.2, 0.25) is 0 Å². The minimum absolute atomic E-state index is 0.00239. The maximum Gasteiger partial charge on any atom is 0.238 e. The number of hydrogen-bond acceptors (Lipinski definition) is 3. The number of hydrogen-bond donors (Lipinski definition) is 1. The van der Waals surface area contributed by atoms with Gasteiger partial charge in [0.05, 0.1) is 10.6 Å². The molecule has 2 saturated heterocycles. The highest BCUT2D eigenvalue weighted by Gasteiger charge is 2.47. The second kappa shape index (κ2) is 4.59. The molecule has 0 aliphatic carbocycles. The molecule has 3 nitrogen and oxygen atoms in total. The highest BCUT2D eigenvalue weighted by atomic mass is 32.2. The molecule has 0 radical (unpaired) electrons. The van der Waals surface area contributed by atoms with Crippen LogP contribution in [0.25, 0.3) is 0 Å². The quantitative estimate of drug-likeness (QED) is 0.841. The zero-order chi connectivity index (χ0) is 12.6. The Morgan fingerprint density at radius 2 is 1.89 bits per heavy atom. The first-order chi connectivity index (χ1) is 8.71. The predicted octanol–water partition coefficient (Wildman–Crippen LogP) is 2.15. The number of nitrogens with one attached hydrogen (secondary N) is 1. The van der Waals surface area contributed by atoms with Gasteiger partial charge in [0.2, 0.25) is 5.91 Å². The summed E-state index contributed by atoms with van der Waals surface area (Å²) in [5.41, 5.74) is 2.29. The molecule has 2 aliphatic heterocycles. The van der Waals surface area contributed by atoms with E-state index in [1.807, 2.05) is 16.7 Å². The number of anilines is 1. The molecule has 3 rings (SSSR count). The van der Waals surface area contributed by atoms with Gasteiger partial charge in [-0.3, -0.25) is 9.69 Å². The summed E-state index contributed by atoms with van der Waals surface area (Å²) < 4.78 is 0. The van der Waals surface area contributed by atoms with Gasteiger partial charge in [-0.25, -0.2) is 0 Å². The maximum absolute atomic E-state index is 12.2. The summed E-state index contributed by atoms with van der Waals surface area (Å²) in [5.74, 6) is 0.874. The fraction of sp³-hybridized carbons (Fsp3) is 0.500. The summed E-state index contributed by atoms with van der Waals surface area (Å²) >= 11 is 1.82. The van der Waals surface area contributed by atoms with Crippen LogP contribution in [0.3, 0.4) is 0 Å². The van der Waals surface area contributed by atoms with E-state index in [1.54, 1.807) is 0 Å². The normalized spacial score (nSPS) is 22.7. The Labute approximate surface area is 112 Å². The SMILES string of the molecule is Cc1ccc(N2C(=O)CSC23CCNCC3)cc1. The Morgan fingerprint density at radius 1 is 1.22 bits per heavy atom. The molecule has 18 heavy (non-hydrogen) atoms. The number of carbonyl (C=O) groups excluding carboxylic acids is 1. The van der Waals surface area contributed by atoms with Crippen LogP contribution in [0.5, 0.6) is 0 Å². The third kappa shape index (κ3) is 1.93. The van der Waals surface area contributed by atoms with E-state index < -0.39 is 0 Å². The van der Waals surface area contributed by atoms with Crippen molar-refractivity contribution >= 4 is 23.4 Å². The van der Waals surface area contributed by atoms with Crippen molar-refractivity contribution in [3.05, 3.63) is 29.8 Å². The minimum Gasteiger partial charge on any atom is -0.316 e. The number of thioether (sulfide) groups is 1. The van der Waals surface area contributed by atoms with E-state index in [0.29, 0.717) is 5.75 Å². The van der Waals surface area contributed by atoms with Gasteiger partial charge >= 0.3 is 0 Å². The van der Waals surface area contributed by atoms with Crippen molar-refractivity contribution < 1.29 is 4.79 Å². The van der Waals surface area contributed by atoms with Crippen LogP contribution in [-0.4, -0.2) is 29.6 Å². The van der Waals surface area contributed by atoms with E-state index in [0.717, 1.165) is 31.6 Å². The third-order valence-electron chi connectivity index (χ3n) is 3.80. The number of aryl methyl sites for hydroxylation is 1. The second-order valence-electron chi connectivity index (χ2n) is 5.05. The number of carbonyl (C=O) groups is 1. The van der Waals surface area contributed by atoms with Gasteiger partial charge in [0.15, 0.2) is 0 Å². The number of nitrogens with zero attached hydrogens (tertiary/aromatic N) is 1. The van der Waals surface area contributed by atoms with Crippen LogP contribution in [0.4, 0.5) is 5.69 Å². The first kappa shape index (κ1) is 12.1. The summed E-state index contributed by atoms with van der Waals surface area (Å²) in [6.45, 7) is 4.08. The molecule has 2 heterocycles. The first-order valence-corrected chi connectivity index (χ1v) is 7.44. The average molecular weight is 262 g/mol. The van der Waals surface area contributed by atoms with Crippen molar-refractivity contribution in [2.24, 2.45) is 0 Å². The van der Waals surface area contributed by atoms with Crippen molar-refractivity contribution in [3.63, 3.8) is 0 Å². The molecule has 0 aromatic heterocycles. The van der Waals surface area contributed by atoms with Crippen LogP contribution < -0.4 is 10.2 Å². The summed E-state index contributed by atoms with van der Waals surface area (Å²) in [6.07, 6.45) is 2.08. The van der Waals surface area contributed by atoms with E-state index >= 15 is 0 Å². The second-order valence-corrected chi connectivity index (χ2v) is 6.39. The molecule has 1 N–H and O–H groups in total. The monoisotopic (exact) mass is 262 g/mol. The molecule has 4 heteroatoms. The smallest absolute Gasteiger partial charge is 0.238 e. The average Bonchev–Trinajstić information content (AvgIpc) is 2.69. The standard InChI is InChI=1S/C14H18N2OS/c1-11-2-4-12(5-3-11)16-13(17)10-18-14(16)6-8-15-9-7-14/h2-5,15H,6-10H2,1H3. The first-order valence-electron chi connectivity index (χ1n) is 6.46. The fourth-order valence-corrected chi connectivity index (χ4v) is 4.16. The summed E-state index contributed by atoms with van der Waals surface area (Å²) in [6, 6.07) is 8.31. The van der Waals surface area contributed by atoms with Gasteiger partial charge in [-0.05, 0) is 45.0 Å². The molecule has 2 fully saturated rings. The molecule has 0 atom stereocenters. The molecule has 0 unspecified atom stereocenters. The van der Waals surface area contributed by atoms with Gasteiger partial charge in [0.1, 0.15) is 0 Å². The third-order valence-corrected chi connectivity index (χ3v) is 5.32.